The van der Waals surface area contributed by atoms with Crippen molar-refractivity contribution in [1.29, 1.82) is 0 Å². The molecule has 0 aliphatic carbocycles. The van der Waals surface area contributed by atoms with Gasteiger partial charge in [0.2, 0.25) is 0 Å². The van der Waals surface area contributed by atoms with E-state index >= 15 is 0 Å². The summed E-state index contributed by atoms with van der Waals surface area (Å²) in [4.78, 5) is 17.3. The first-order chi connectivity index (χ1) is 8.94. The van der Waals surface area contributed by atoms with Gasteiger partial charge in [0, 0.05) is 12.4 Å². The molecular weight excluding hydrogens is 265 g/mol. The fraction of sp³-hybridized carbons (Fsp3) is 0.0909. The average Bonchev–Trinajstić information content (AvgIpc) is 2.33. The molecule has 0 atom stereocenters. The summed E-state index contributed by atoms with van der Waals surface area (Å²) in [5, 5.41) is 0. The first-order valence-corrected chi connectivity index (χ1v) is 5.01. The molecule has 1 aromatic heterocycles. The van der Waals surface area contributed by atoms with Gasteiger partial charge in [-0.25, -0.2) is 4.98 Å². The first-order valence-electron chi connectivity index (χ1n) is 5.01. The predicted octanol–water partition coefficient (Wildman–Crippen LogP) is 2.46. The Kier molecular flexibility index (Phi) is 3.41. The quantitative estimate of drug-likeness (QED) is 0.932. The molecule has 0 bridgehead atoms. The van der Waals surface area contributed by atoms with E-state index in [-0.39, 0.29) is 17.4 Å². The lowest BCUT2D eigenvalue weighted by molar-refractivity contribution is -0.274. The molecule has 19 heavy (non-hydrogen) atoms. The summed E-state index contributed by atoms with van der Waals surface area (Å²) in [7, 11) is 0. The Hall–Kier alpha value is -2.51. The molecule has 0 aliphatic rings. The Morgan fingerprint density at radius 1 is 1.11 bits per heavy atom. The van der Waals surface area contributed by atoms with E-state index in [9.17, 15) is 18.0 Å². The van der Waals surface area contributed by atoms with E-state index in [1.165, 1.54) is 24.5 Å². The SMILES string of the molecule is O=c1[nH]ccnc1Oc1ccc(OC(F)(F)F)cc1. The van der Waals surface area contributed by atoms with Crippen molar-refractivity contribution < 1.29 is 22.6 Å². The zero-order chi connectivity index (χ0) is 13.9. The molecule has 1 aromatic carbocycles. The number of aromatic nitrogens is 2. The minimum absolute atomic E-state index is 0.165. The van der Waals surface area contributed by atoms with Crippen LogP contribution in [0.2, 0.25) is 0 Å². The molecule has 0 saturated carbocycles. The van der Waals surface area contributed by atoms with Crippen molar-refractivity contribution >= 4 is 0 Å². The van der Waals surface area contributed by atoms with E-state index in [0.717, 1.165) is 12.1 Å². The van der Waals surface area contributed by atoms with Crippen LogP contribution in [0.1, 0.15) is 0 Å². The maximum atomic E-state index is 11.9. The predicted molar refractivity (Wildman–Crippen MR) is 58.1 cm³/mol. The number of nitrogens with zero attached hydrogens (tertiary/aromatic N) is 1. The highest BCUT2D eigenvalue weighted by Crippen LogP contribution is 2.25. The van der Waals surface area contributed by atoms with Crippen molar-refractivity contribution in [2.45, 2.75) is 6.36 Å². The number of ether oxygens (including phenoxy) is 2. The van der Waals surface area contributed by atoms with E-state index in [1.54, 1.807) is 0 Å². The highest BCUT2D eigenvalue weighted by Gasteiger charge is 2.30. The third-order valence-electron chi connectivity index (χ3n) is 1.95. The number of halogens is 3. The van der Waals surface area contributed by atoms with Crippen LogP contribution >= 0.6 is 0 Å². The zero-order valence-corrected chi connectivity index (χ0v) is 9.27. The van der Waals surface area contributed by atoms with Gasteiger partial charge in [-0.05, 0) is 24.3 Å². The van der Waals surface area contributed by atoms with Crippen LogP contribution in [0, 0.1) is 0 Å². The lowest BCUT2D eigenvalue weighted by Gasteiger charge is -2.09. The number of nitrogens with one attached hydrogen (secondary N) is 1. The summed E-state index contributed by atoms with van der Waals surface area (Å²) in [5.41, 5.74) is -0.543. The van der Waals surface area contributed by atoms with Crippen molar-refractivity contribution in [3.63, 3.8) is 0 Å². The van der Waals surface area contributed by atoms with Gasteiger partial charge in [0.15, 0.2) is 0 Å². The highest BCUT2D eigenvalue weighted by atomic mass is 19.4. The summed E-state index contributed by atoms with van der Waals surface area (Å²) < 4.78 is 44.6. The number of benzene rings is 1. The summed E-state index contributed by atoms with van der Waals surface area (Å²) in [5.74, 6) is -0.416. The second-order valence-electron chi connectivity index (χ2n) is 3.34. The Morgan fingerprint density at radius 3 is 2.32 bits per heavy atom. The molecule has 0 radical (unpaired) electrons. The van der Waals surface area contributed by atoms with Gasteiger partial charge in [-0.2, -0.15) is 0 Å². The number of hydrogen-bond donors (Lipinski definition) is 1. The Balaban J connectivity index is 2.11. The molecule has 1 heterocycles. The van der Waals surface area contributed by atoms with Gasteiger partial charge in [-0.1, -0.05) is 0 Å². The third-order valence-corrected chi connectivity index (χ3v) is 1.95. The summed E-state index contributed by atoms with van der Waals surface area (Å²) in [6, 6.07) is 4.60. The van der Waals surface area contributed by atoms with Crippen molar-refractivity contribution in [3.05, 3.63) is 47.0 Å². The van der Waals surface area contributed by atoms with Gasteiger partial charge in [-0.3, -0.25) is 4.79 Å². The number of aromatic amines is 1. The van der Waals surface area contributed by atoms with Crippen LogP contribution in [0.5, 0.6) is 17.4 Å². The molecule has 100 valence electrons. The Bertz CT molecular complexity index is 608. The van der Waals surface area contributed by atoms with Gasteiger partial charge < -0.3 is 14.5 Å². The fourth-order valence-corrected chi connectivity index (χ4v) is 1.23. The van der Waals surface area contributed by atoms with E-state index in [1.807, 2.05) is 0 Å². The van der Waals surface area contributed by atoms with Crippen molar-refractivity contribution in [3.8, 4) is 17.4 Å². The topological polar surface area (TPSA) is 64.2 Å². The highest BCUT2D eigenvalue weighted by molar-refractivity contribution is 5.33. The molecule has 5 nitrogen and oxygen atoms in total. The van der Waals surface area contributed by atoms with Crippen molar-refractivity contribution in [1.82, 2.24) is 9.97 Å². The van der Waals surface area contributed by atoms with Crippen molar-refractivity contribution in [2.75, 3.05) is 0 Å². The zero-order valence-electron chi connectivity index (χ0n) is 9.27. The third kappa shape index (κ3) is 3.73. The lowest BCUT2D eigenvalue weighted by atomic mass is 10.3. The van der Waals surface area contributed by atoms with Crippen LogP contribution < -0.4 is 15.0 Å². The van der Waals surface area contributed by atoms with Gasteiger partial charge in [-0.15, -0.1) is 13.2 Å². The van der Waals surface area contributed by atoms with Gasteiger partial charge in [0.1, 0.15) is 11.5 Å². The molecule has 0 amide bonds. The molecule has 0 fully saturated rings. The maximum Gasteiger partial charge on any atom is 0.573 e. The van der Waals surface area contributed by atoms with E-state index in [4.69, 9.17) is 4.74 Å². The van der Waals surface area contributed by atoms with Crippen LogP contribution in [-0.4, -0.2) is 16.3 Å². The molecule has 2 aromatic rings. The van der Waals surface area contributed by atoms with Gasteiger partial charge in [0.05, 0.1) is 0 Å². The molecule has 8 heteroatoms. The van der Waals surface area contributed by atoms with Crippen LogP contribution in [0.25, 0.3) is 0 Å². The number of H-pyrrole nitrogens is 1. The first kappa shape index (κ1) is 12.9. The number of hydrogen-bond acceptors (Lipinski definition) is 4. The molecule has 0 spiro atoms. The summed E-state index contributed by atoms with van der Waals surface area (Å²) in [6.45, 7) is 0. The molecule has 0 aliphatic heterocycles. The lowest BCUT2D eigenvalue weighted by Crippen LogP contribution is -2.17. The van der Waals surface area contributed by atoms with Crippen LogP contribution in [0.3, 0.4) is 0 Å². The minimum atomic E-state index is -4.75. The second-order valence-corrected chi connectivity index (χ2v) is 3.34. The molecule has 0 unspecified atom stereocenters. The fourth-order valence-electron chi connectivity index (χ4n) is 1.23. The van der Waals surface area contributed by atoms with Gasteiger partial charge >= 0.3 is 11.9 Å². The van der Waals surface area contributed by atoms with Crippen molar-refractivity contribution in [2.24, 2.45) is 0 Å². The normalized spacial score (nSPS) is 11.1. The standard InChI is InChI=1S/C11H7F3N2O3/c12-11(13,14)19-8-3-1-7(2-4-8)18-10-9(17)15-5-6-16-10/h1-6H,(H,15,17). The van der Waals surface area contributed by atoms with E-state index < -0.39 is 11.9 Å². The smallest absolute Gasteiger partial charge is 0.435 e. The molecule has 2 rings (SSSR count). The molecular formula is C11H7F3N2O3. The Morgan fingerprint density at radius 2 is 1.74 bits per heavy atom. The second kappa shape index (κ2) is 5.01. The van der Waals surface area contributed by atoms with E-state index in [2.05, 4.69) is 14.7 Å². The maximum absolute atomic E-state index is 11.9. The average molecular weight is 272 g/mol. The number of rotatable bonds is 3. The van der Waals surface area contributed by atoms with Gasteiger partial charge in [0.25, 0.3) is 5.88 Å². The summed E-state index contributed by atoms with van der Waals surface area (Å²) >= 11 is 0. The van der Waals surface area contributed by atoms with Crippen LogP contribution in [0.15, 0.2) is 41.5 Å². The minimum Gasteiger partial charge on any atom is -0.435 e. The van der Waals surface area contributed by atoms with Crippen LogP contribution in [-0.2, 0) is 0 Å². The molecule has 0 saturated heterocycles. The monoisotopic (exact) mass is 272 g/mol. The van der Waals surface area contributed by atoms with E-state index in [0.29, 0.717) is 0 Å². The van der Waals surface area contributed by atoms with Crippen LogP contribution in [0.4, 0.5) is 13.2 Å². The summed E-state index contributed by atoms with van der Waals surface area (Å²) in [6.07, 6.45) is -2.10. The molecule has 1 N–H and O–H groups in total. The Labute approximate surface area is 104 Å². The largest absolute Gasteiger partial charge is 0.573 e. The number of alkyl halides is 3.